The summed E-state index contributed by atoms with van der Waals surface area (Å²) >= 11 is 1.54. The minimum atomic E-state index is -0.984. The second kappa shape index (κ2) is 6.00. The van der Waals surface area contributed by atoms with E-state index in [1.807, 2.05) is 27.7 Å². The van der Waals surface area contributed by atoms with Gasteiger partial charge in [-0.15, -0.1) is 11.3 Å². The third-order valence-corrected chi connectivity index (χ3v) is 4.02. The highest BCUT2D eigenvalue weighted by Gasteiger charge is 2.26. The number of carbonyl (C=O) groups excluding carboxylic acids is 1. The molecular weight excluding hydrogens is 250 g/mol. The van der Waals surface area contributed by atoms with Crippen molar-refractivity contribution < 1.29 is 14.7 Å². The first kappa shape index (κ1) is 14.7. The number of carboxylic acid groups (broad SMARTS) is 1. The number of thiophene rings is 1. The second-order valence-corrected chi connectivity index (χ2v) is 5.96. The molecule has 1 heterocycles. The second-order valence-electron chi connectivity index (χ2n) is 4.50. The zero-order chi connectivity index (χ0) is 13.9. The summed E-state index contributed by atoms with van der Waals surface area (Å²) in [6.07, 6.45) is 0.707. The summed E-state index contributed by atoms with van der Waals surface area (Å²) < 4.78 is 0. The SMILES string of the molecule is CC[C@H](C)[C@H](NC(=O)c1cc(C)sc1C)C(=O)O. The van der Waals surface area contributed by atoms with Crippen LogP contribution in [0.2, 0.25) is 0 Å². The maximum absolute atomic E-state index is 12.0. The fourth-order valence-electron chi connectivity index (χ4n) is 1.76. The molecule has 1 aromatic heterocycles. The van der Waals surface area contributed by atoms with Crippen molar-refractivity contribution in [3.05, 3.63) is 21.4 Å². The van der Waals surface area contributed by atoms with Crippen molar-refractivity contribution in [1.82, 2.24) is 5.32 Å². The van der Waals surface area contributed by atoms with Crippen LogP contribution in [0.25, 0.3) is 0 Å². The normalized spacial score (nSPS) is 14.0. The van der Waals surface area contributed by atoms with Crippen molar-refractivity contribution >= 4 is 23.2 Å². The third-order valence-electron chi connectivity index (χ3n) is 3.05. The lowest BCUT2D eigenvalue weighted by Gasteiger charge is -2.20. The Balaban J connectivity index is 2.85. The molecule has 100 valence electrons. The van der Waals surface area contributed by atoms with Crippen LogP contribution in [0.5, 0.6) is 0 Å². The van der Waals surface area contributed by atoms with Crippen LogP contribution >= 0.6 is 11.3 Å². The number of rotatable bonds is 5. The van der Waals surface area contributed by atoms with Crippen molar-refractivity contribution in [3.8, 4) is 0 Å². The van der Waals surface area contributed by atoms with E-state index in [1.54, 1.807) is 6.07 Å². The number of aliphatic carboxylic acids is 1. The molecule has 0 saturated carbocycles. The van der Waals surface area contributed by atoms with Gasteiger partial charge in [0.25, 0.3) is 5.91 Å². The Kier molecular flexibility index (Phi) is 4.90. The van der Waals surface area contributed by atoms with Crippen molar-refractivity contribution in [2.75, 3.05) is 0 Å². The molecule has 0 fully saturated rings. The van der Waals surface area contributed by atoms with Crippen LogP contribution in [0.1, 0.15) is 40.4 Å². The van der Waals surface area contributed by atoms with Crippen LogP contribution in [-0.2, 0) is 4.79 Å². The quantitative estimate of drug-likeness (QED) is 0.863. The summed E-state index contributed by atoms with van der Waals surface area (Å²) in [5.41, 5.74) is 0.576. The first-order valence-electron chi connectivity index (χ1n) is 5.97. The number of hydrogen-bond acceptors (Lipinski definition) is 3. The van der Waals surface area contributed by atoms with E-state index in [-0.39, 0.29) is 11.8 Å². The van der Waals surface area contributed by atoms with Crippen molar-refractivity contribution in [2.24, 2.45) is 5.92 Å². The Morgan fingerprint density at radius 2 is 2.06 bits per heavy atom. The molecule has 0 aliphatic rings. The standard InChI is InChI=1S/C13H19NO3S/c1-5-7(2)11(13(16)17)14-12(15)10-6-8(3)18-9(10)4/h6-7,11H,5H2,1-4H3,(H,14,15)(H,16,17)/t7-,11-/m0/s1. The maximum atomic E-state index is 12.0. The molecule has 2 atom stereocenters. The molecule has 0 bridgehead atoms. The van der Waals surface area contributed by atoms with E-state index in [9.17, 15) is 9.59 Å². The minimum Gasteiger partial charge on any atom is -0.480 e. The fraction of sp³-hybridized carbons (Fsp3) is 0.538. The average Bonchev–Trinajstić information content (AvgIpc) is 2.63. The number of carbonyl (C=O) groups is 2. The predicted octanol–water partition coefficient (Wildman–Crippen LogP) is 2.59. The summed E-state index contributed by atoms with van der Waals surface area (Å²) in [5.74, 6) is -1.38. The molecule has 0 spiro atoms. The van der Waals surface area contributed by atoms with Gasteiger partial charge in [-0.05, 0) is 25.8 Å². The molecule has 0 radical (unpaired) electrons. The van der Waals surface area contributed by atoms with Gasteiger partial charge in [0.2, 0.25) is 0 Å². The summed E-state index contributed by atoms with van der Waals surface area (Å²) in [6.45, 7) is 7.53. The number of nitrogens with one attached hydrogen (secondary N) is 1. The van der Waals surface area contributed by atoms with Crippen molar-refractivity contribution in [1.29, 1.82) is 0 Å². The van der Waals surface area contributed by atoms with Gasteiger partial charge in [0.1, 0.15) is 6.04 Å². The van der Waals surface area contributed by atoms with Gasteiger partial charge < -0.3 is 10.4 Å². The first-order valence-corrected chi connectivity index (χ1v) is 6.79. The molecule has 1 rings (SSSR count). The van der Waals surface area contributed by atoms with Crippen LogP contribution in [-0.4, -0.2) is 23.0 Å². The molecule has 4 nitrogen and oxygen atoms in total. The largest absolute Gasteiger partial charge is 0.480 e. The highest BCUT2D eigenvalue weighted by Crippen LogP contribution is 2.21. The van der Waals surface area contributed by atoms with Gasteiger partial charge in [0.05, 0.1) is 5.56 Å². The topological polar surface area (TPSA) is 66.4 Å². The Labute approximate surface area is 111 Å². The summed E-state index contributed by atoms with van der Waals surface area (Å²) in [4.78, 5) is 25.2. The zero-order valence-corrected chi connectivity index (χ0v) is 11.9. The number of amides is 1. The maximum Gasteiger partial charge on any atom is 0.326 e. The van der Waals surface area contributed by atoms with Gasteiger partial charge in [-0.25, -0.2) is 4.79 Å². The summed E-state index contributed by atoms with van der Waals surface area (Å²) in [7, 11) is 0. The van der Waals surface area contributed by atoms with Gasteiger partial charge in [-0.3, -0.25) is 4.79 Å². The summed E-state index contributed by atoms with van der Waals surface area (Å²) in [5, 5.41) is 11.7. The smallest absolute Gasteiger partial charge is 0.326 e. The molecule has 0 saturated heterocycles. The van der Waals surface area contributed by atoms with Crippen LogP contribution < -0.4 is 5.32 Å². The molecule has 1 amide bonds. The van der Waals surface area contributed by atoms with E-state index in [0.29, 0.717) is 12.0 Å². The molecular formula is C13H19NO3S. The van der Waals surface area contributed by atoms with E-state index in [4.69, 9.17) is 5.11 Å². The Morgan fingerprint density at radius 3 is 2.44 bits per heavy atom. The van der Waals surface area contributed by atoms with Crippen LogP contribution in [0.4, 0.5) is 0 Å². The van der Waals surface area contributed by atoms with Gasteiger partial charge in [-0.2, -0.15) is 0 Å². The molecule has 0 unspecified atom stereocenters. The zero-order valence-electron chi connectivity index (χ0n) is 11.1. The first-order chi connectivity index (χ1) is 8.36. The number of carboxylic acids is 1. The lowest BCUT2D eigenvalue weighted by atomic mass is 9.99. The van der Waals surface area contributed by atoms with E-state index in [0.717, 1.165) is 9.75 Å². The third kappa shape index (κ3) is 3.32. The highest BCUT2D eigenvalue weighted by atomic mass is 32.1. The lowest BCUT2D eigenvalue weighted by Crippen LogP contribution is -2.45. The Morgan fingerprint density at radius 1 is 1.44 bits per heavy atom. The van der Waals surface area contributed by atoms with Gasteiger partial charge >= 0.3 is 5.97 Å². The fourth-order valence-corrected chi connectivity index (χ4v) is 2.68. The molecule has 0 aliphatic carbocycles. The van der Waals surface area contributed by atoms with Gasteiger partial charge in [-0.1, -0.05) is 20.3 Å². The predicted molar refractivity (Wildman–Crippen MR) is 72.1 cm³/mol. The molecule has 0 aliphatic heterocycles. The highest BCUT2D eigenvalue weighted by molar-refractivity contribution is 7.12. The van der Waals surface area contributed by atoms with E-state index >= 15 is 0 Å². The average molecular weight is 269 g/mol. The van der Waals surface area contributed by atoms with Crippen LogP contribution in [0, 0.1) is 19.8 Å². The van der Waals surface area contributed by atoms with E-state index < -0.39 is 12.0 Å². The number of aryl methyl sites for hydroxylation is 2. The molecule has 18 heavy (non-hydrogen) atoms. The lowest BCUT2D eigenvalue weighted by molar-refractivity contribution is -0.140. The number of hydrogen-bond donors (Lipinski definition) is 2. The van der Waals surface area contributed by atoms with Crippen LogP contribution in [0.3, 0.4) is 0 Å². The Hall–Kier alpha value is -1.36. The monoisotopic (exact) mass is 269 g/mol. The molecule has 1 aromatic rings. The summed E-state index contributed by atoms with van der Waals surface area (Å²) in [6, 6.07) is 0.965. The molecule has 2 N–H and O–H groups in total. The molecule has 5 heteroatoms. The van der Waals surface area contributed by atoms with E-state index in [1.165, 1.54) is 11.3 Å². The van der Waals surface area contributed by atoms with E-state index in [2.05, 4.69) is 5.32 Å². The minimum absolute atomic E-state index is 0.0912. The Bertz CT molecular complexity index is 453. The van der Waals surface area contributed by atoms with Gasteiger partial charge in [0.15, 0.2) is 0 Å². The van der Waals surface area contributed by atoms with Gasteiger partial charge in [0, 0.05) is 9.75 Å². The molecule has 0 aromatic carbocycles. The van der Waals surface area contributed by atoms with Crippen LogP contribution in [0.15, 0.2) is 6.07 Å². The van der Waals surface area contributed by atoms with Crippen molar-refractivity contribution in [3.63, 3.8) is 0 Å². The van der Waals surface area contributed by atoms with Crippen molar-refractivity contribution in [2.45, 2.75) is 40.2 Å².